The Hall–Kier alpha value is -1.73. The number of nitrogens with zero attached hydrogens (tertiary/aromatic N) is 3. The van der Waals surface area contributed by atoms with E-state index in [2.05, 4.69) is 35.8 Å². The SMILES string of the molecule is CCNC(=NCC(C(=O)N1CCOCC1)c1ccccc1)N1CCSC(CC)C1. The van der Waals surface area contributed by atoms with Gasteiger partial charge in [-0.15, -0.1) is 0 Å². The van der Waals surface area contributed by atoms with E-state index >= 15 is 0 Å². The first kappa shape index (κ1) is 22.0. The average Bonchev–Trinajstić information content (AvgIpc) is 2.79. The van der Waals surface area contributed by atoms with Crippen LogP contribution >= 0.6 is 11.8 Å². The summed E-state index contributed by atoms with van der Waals surface area (Å²) in [6, 6.07) is 10.1. The number of ether oxygens (including phenoxy) is 1. The van der Waals surface area contributed by atoms with Crippen LogP contribution in [0.3, 0.4) is 0 Å². The van der Waals surface area contributed by atoms with Crippen LogP contribution < -0.4 is 5.32 Å². The molecule has 1 aromatic carbocycles. The molecule has 2 saturated heterocycles. The number of carbonyl (C=O) groups is 1. The van der Waals surface area contributed by atoms with Crippen molar-refractivity contribution in [2.45, 2.75) is 31.4 Å². The van der Waals surface area contributed by atoms with E-state index in [9.17, 15) is 4.79 Å². The van der Waals surface area contributed by atoms with Crippen LogP contribution in [0.5, 0.6) is 0 Å². The van der Waals surface area contributed by atoms with Crippen LogP contribution in [-0.4, -0.2) is 85.2 Å². The van der Waals surface area contributed by atoms with E-state index in [-0.39, 0.29) is 11.8 Å². The van der Waals surface area contributed by atoms with Crippen molar-refractivity contribution in [2.24, 2.45) is 4.99 Å². The van der Waals surface area contributed by atoms with Crippen molar-refractivity contribution in [3.05, 3.63) is 35.9 Å². The molecule has 0 aromatic heterocycles. The molecular formula is C22H34N4O2S. The molecule has 0 spiro atoms. The first-order valence-corrected chi connectivity index (χ1v) is 11.8. The maximum Gasteiger partial charge on any atom is 0.232 e. The smallest absolute Gasteiger partial charge is 0.232 e. The number of aliphatic imine (C=N–C) groups is 1. The highest BCUT2D eigenvalue weighted by atomic mass is 32.2. The summed E-state index contributed by atoms with van der Waals surface area (Å²) in [6.45, 7) is 10.2. The third kappa shape index (κ3) is 6.12. The van der Waals surface area contributed by atoms with Crippen LogP contribution in [0.15, 0.2) is 35.3 Å². The summed E-state index contributed by atoms with van der Waals surface area (Å²) in [7, 11) is 0. The van der Waals surface area contributed by atoms with Gasteiger partial charge in [-0.3, -0.25) is 9.79 Å². The number of amides is 1. The zero-order valence-electron chi connectivity index (χ0n) is 17.7. The minimum atomic E-state index is -0.260. The zero-order chi connectivity index (χ0) is 20.5. The van der Waals surface area contributed by atoms with Gasteiger partial charge in [0.2, 0.25) is 5.91 Å². The number of hydrogen-bond acceptors (Lipinski definition) is 4. The van der Waals surface area contributed by atoms with Crippen molar-refractivity contribution < 1.29 is 9.53 Å². The third-order valence-corrected chi connectivity index (χ3v) is 6.85. The molecule has 29 heavy (non-hydrogen) atoms. The van der Waals surface area contributed by atoms with Gasteiger partial charge in [0, 0.05) is 43.7 Å². The van der Waals surface area contributed by atoms with Gasteiger partial charge in [0.25, 0.3) is 0 Å². The molecule has 7 heteroatoms. The number of thioether (sulfide) groups is 1. The quantitative estimate of drug-likeness (QED) is 0.568. The number of guanidine groups is 1. The van der Waals surface area contributed by atoms with Crippen molar-refractivity contribution in [1.29, 1.82) is 0 Å². The van der Waals surface area contributed by atoms with Crippen molar-refractivity contribution in [3.63, 3.8) is 0 Å². The normalized spacial score (nSPS) is 21.7. The van der Waals surface area contributed by atoms with Crippen LogP contribution in [-0.2, 0) is 9.53 Å². The summed E-state index contributed by atoms with van der Waals surface area (Å²) >= 11 is 2.05. The van der Waals surface area contributed by atoms with Gasteiger partial charge in [-0.05, 0) is 18.9 Å². The second-order valence-electron chi connectivity index (χ2n) is 7.44. The Bertz CT molecular complexity index is 664. The van der Waals surface area contributed by atoms with Gasteiger partial charge >= 0.3 is 0 Å². The maximum absolute atomic E-state index is 13.3. The molecule has 2 unspecified atom stereocenters. The highest BCUT2D eigenvalue weighted by Crippen LogP contribution is 2.23. The van der Waals surface area contributed by atoms with E-state index in [0.717, 1.165) is 36.9 Å². The topological polar surface area (TPSA) is 57.2 Å². The molecule has 2 atom stereocenters. The van der Waals surface area contributed by atoms with Crippen LogP contribution in [0, 0.1) is 0 Å². The first-order chi connectivity index (χ1) is 14.2. The van der Waals surface area contributed by atoms with Crippen LogP contribution in [0.1, 0.15) is 31.7 Å². The van der Waals surface area contributed by atoms with E-state index in [4.69, 9.17) is 9.73 Å². The Morgan fingerprint density at radius 3 is 2.66 bits per heavy atom. The molecule has 1 amide bonds. The Morgan fingerprint density at radius 2 is 1.97 bits per heavy atom. The van der Waals surface area contributed by atoms with Crippen LogP contribution in [0.2, 0.25) is 0 Å². The number of nitrogens with one attached hydrogen (secondary N) is 1. The molecule has 2 aliphatic heterocycles. The molecule has 0 bridgehead atoms. The summed E-state index contributed by atoms with van der Waals surface area (Å²) in [5, 5.41) is 4.09. The van der Waals surface area contributed by atoms with Gasteiger partial charge in [0.05, 0.1) is 25.7 Å². The van der Waals surface area contributed by atoms with Gasteiger partial charge in [-0.25, -0.2) is 0 Å². The predicted molar refractivity (Wildman–Crippen MR) is 121 cm³/mol. The molecule has 3 rings (SSSR count). The van der Waals surface area contributed by atoms with Gasteiger partial charge < -0.3 is 19.9 Å². The number of benzene rings is 1. The van der Waals surface area contributed by atoms with E-state index < -0.39 is 0 Å². The van der Waals surface area contributed by atoms with Crippen molar-refractivity contribution >= 4 is 23.6 Å². The molecule has 2 aliphatic rings. The van der Waals surface area contributed by atoms with Crippen molar-refractivity contribution in [1.82, 2.24) is 15.1 Å². The number of morpholine rings is 1. The monoisotopic (exact) mass is 418 g/mol. The highest BCUT2D eigenvalue weighted by molar-refractivity contribution is 8.00. The molecule has 1 aromatic rings. The van der Waals surface area contributed by atoms with E-state index in [1.165, 1.54) is 6.42 Å². The van der Waals surface area contributed by atoms with E-state index in [1.54, 1.807) is 0 Å². The molecule has 6 nitrogen and oxygen atoms in total. The van der Waals surface area contributed by atoms with Gasteiger partial charge in [-0.1, -0.05) is 37.3 Å². The summed E-state index contributed by atoms with van der Waals surface area (Å²) in [5.41, 5.74) is 1.03. The highest BCUT2D eigenvalue weighted by Gasteiger charge is 2.28. The molecule has 0 radical (unpaired) electrons. The van der Waals surface area contributed by atoms with Crippen LogP contribution in [0.25, 0.3) is 0 Å². The lowest BCUT2D eigenvalue weighted by molar-refractivity contribution is -0.136. The van der Waals surface area contributed by atoms with Crippen LogP contribution in [0.4, 0.5) is 0 Å². The summed E-state index contributed by atoms with van der Waals surface area (Å²) < 4.78 is 5.43. The molecule has 160 valence electrons. The van der Waals surface area contributed by atoms with Crippen molar-refractivity contribution in [2.75, 3.05) is 58.2 Å². The predicted octanol–water partition coefficient (Wildman–Crippen LogP) is 2.42. The third-order valence-electron chi connectivity index (χ3n) is 5.47. The fraction of sp³-hybridized carbons (Fsp3) is 0.636. The Morgan fingerprint density at radius 1 is 1.21 bits per heavy atom. The molecule has 2 heterocycles. The second kappa shape index (κ2) is 11.5. The number of rotatable bonds is 6. The van der Waals surface area contributed by atoms with Gasteiger partial charge in [0.15, 0.2) is 5.96 Å². The Kier molecular flexibility index (Phi) is 8.68. The molecule has 0 saturated carbocycles. The Balaban J connectivity index is 1.78. The largest absolute Gasteiger partial charge is 0.378 e. The summed E-state index contributed by atoms with van der Waals surface area (Å²) in [4.78, 5) is 22.5. The number of hydrogen-bond donors (Lipinski definition) is 1. The fourth-order valence-corrected chi connectivity index (χ4v) is 4.96. The average molecular weight is 419 g/mol. The van der Waals surface area contributed by atoms with Gasteiger partial charge in [0.1, 0.15) is 0 Å². The molecule has 2 fully saturated rings. The van der Waals surface area contributed by atoms with E-state index in [0.29, 0.717) is 38.1 Å². The first-order valence-electron chi connectivity index (χ1n) is 10.8. The summed E-state index contributed by atoms with van der Waals surface area (Å²) in [5.74, 6) is 1.95. The zero-order valence-corrected chi connectivity index (χ0v) is 18.5. The lowest BCUT2D eigenvalue weighted by Crippen LogP contribution is -2.48. The Labute approximate surface area is 179 Å². The molecule has 1 N–H and O–H groups in total. The molecule has 0 aliphatic carbocycles. The number of carbonyl (C=O) groups excluding carboxylic acids is 1. The minimum absolute atomic E-state index is 0.153. The standard InChI is InChI=1S/C22H34N4O2S/c1-3-19-17-26(12-15-29-19)22(23-4-2)24-16-20(18-8-6-5-7-9-18)21(27)25-10-13-28-14-11-25/h5-9,19-20H,3-4,10-17H2,1-2H3,(H,23,24). The maximum atomic E-state index is 13.3. The second-order valence-corrected chi connectivity index (χ2v) is 8.85. The van der Waals surface area contributed by atoms with Gasteiger partial charge in [-0.2, -0.15) is 11.8 Å². The van der Waals surface area contributed by atoms with E-state index in [1.807, 2.05) is 35.2 Å². The molecular weight excluding hydrogens is 384 g/mol. The minimum Gasteiger partial charge on any atom is -0.378 e. The lowest BCUT2D eigenvalue weighted by Gasteiger charge is -2.35. The summed E-state index contributed by atoms with van der Waals surface area (Å²) in [6.07, 6.45) is 1.17. The fourth-order valence-electron chi connectivity index (χ4n) is 3.78. The lowest BCUT2D eigenvalue weighted by atomic mass is 9.97. The van der Waals surface area contributed by atoms with Crippen molar-refractivity contribution in [3.8, 4) is 0 Å².